The predicted octanol–water partition coefficient (Wildman–Crippen LogP) is 2.07. The summed E-state index contributed by atoms with van der Waals surface area (Å²) in [5.74, 6) is -0.0693. The van der Waals surface area contributed by atoms with Gasteiger partial charge in [0.05, 0.1) is 18.2 Å². The van der Waals surface area contributed by atoms with Gasteiger partial charge in [0.2, 0.25) is 5.91 Å². The molecule has 0 bridgehead atoms. The largest absolute Gasteiger partial charge is 0.385 e. The molecule has 2 rings (SSSR count). The number of carbonyl (C=O) groups excluding carboxylic acids is 1. The molecule has 0 fully saturated rings. The van der Waals surface area contributed by atoms with Crippen molar-refractivity contribution in [1.82, 2.24) is 14.7 Å². The van der Waals surface area contributed by atoms with Gasteiger partial charge in [-0.05, 0) is 19.4 Å². The number of rotatable bonds is 6. The van der Waals surface area contributed by atoms with Gasteiger partial charge in [0, 0.05) is 31.9 Å². The lowest BCUT2D eigenvalue weighted by molar-refractivity contribution is -0.136. The molecule has 1 unspecified atom stereocenters. The summed E-state index contributed by atoms with van der Waals surface area (Å²) in [6.45, 7) is 4.72. The van der Waals surface area contributed by atoms with Crippen LogP contribution in [0.25, 0.3) is 0 Å². The molecule has 1 heterocycles. The minimum absolute atomic E-state index is 0.0606. The molecule has 0 aliphatic heterocycles. The molecule has 22 heavy (non-hydrogen) atoms. The minimum atomic E-state index is -1.17. The van der Waals surface area contributed by atoms with Gasteiger partial charge in [-0.1, -0.05) is 30.3 Å². The summed E-state index contributed by atoms with van der Waals surface area (Å²) in [5.41, 5.74) is 0.568. The van der Waals surface area contributed by atoms with Gasteiger partial charge in [-0.15, -0.1) is 0 Å². The quantitative estimate of drug-likeness (QED) is 0.888. The molecule has 5 nitrogen and oxygen atoms in total. The highest BCUT2D eigenvalue weighted by molar-refractivity contribution is 5.77. The molecule has 0 spiro atoms. The van der Waals surface area contributed by atoms with Crippen LogP contribution in [0.15, 0.2) is 42.7 Å². The predicted molar refractivity (Wildman–Crippen MR) is 84.9 cm³/mol. The first-order chi connectivity index (χ1) is 10.4. The van der Waals surface area contributed by atoms with Crippen LogP contribution in [0, 0.1) is 0 Å². The summed E-state index contributed by atoms with van der Waals surface area (Å²) in [4.78, 5) is 14.2. The second-order valence-electron chi connectivity index (χ2n) is 5.75. The first-order valence-corrected chi connectivity index (χ1v) is 7.45. The topological polar surface area (TPSA) is 58.4 Å². The number of aromatic nitrogens is 2. The summed E-state index contributed by atoms with van der Waals surface area (Å²) in [5, 5.41) is 14.7. The number of hydrogen-bond donors (Lipinski definition) is 1. The second-order valence-corrected chi connectivity index (χ2v) is 5.75. The third-order valence-electron chi connectivity index (χ3n) is 3.76. The van der Waals surface area contributed by atoms with Crippen LogP contribution in [-0.2, 0) is 24.0 Å². The Bertz CT molecular complexity index is 620. The molecular formula is C17H23N3O2. The van der Waals surface area contributed by atoms with Crippen LogP contribution in [0.2, 0.25) is 0 Å². The first kappa shape index (κ1) is 16.2. The highest BCUT2D eigenvalue weighted by Gasteiger charge is 2.28. The van der Waals surface area contributed by atoms with Gasteiger partial charge in [-0.3, -0.25) is 9.48 Å². The normalized spacial score (nSPS) is 13.6. The Hall–Kier alpha value is -2.14. The second kappa shape index (κ2) is 6.75. The van der Waals surface area contributed by atoms with E-state index in [0.717, 1.165) is 11.1 Å². The number of amides is 1. The van der Waals surface area contributed by atoms with Crippen molar-refractivity contribution in [2.24, 2.45) is 7.05 Å². The monoisotopic (exact) mass is 301 g/mol. The van der Waals surface area contributed by atoms with E-state index in [4.69, 9.17) is 0 Å². The fourth-order valence-corrected chi connectivity index (χ4v) is 2.46. The Labute approximate surface area is 131 Å². The molecule has 1 N–H and O–H groups in total. The van der Waals surface area contributed by atoms with Crippen LogP contribution in [0.3, 0.4) is 0 Å². The smallest absolute Gasteiger partial charge is 0.226 e. The van der Waals surface area contributed by atoms with Crippen molar-refractivity contribution in [2.75, 3.05) is 6.54 Å². The number of aryl methyl sites for hydroxylation is 1. The van der Waals surface area contributed by atoms with Crippen LogP contribution < -0.4 is 0 Å². The zero-order valence-electron chi connectivity index (χ0n) is 13.4. The summed E-state index contributed by atoms with van der Waals surface area (Å²) >= 11 is 0. The molecule has 0 radical (unpaired) electrons. The van der Waals surface area contributed by atoms with Gasteiger partial charge in [0.15, 0.2) is 0 Å². The zero-order chi connectivity index (χ0) is 16.2. The van der Waals surface area contributed by atoms with E-state index < -0.39 is 5.60 Å². The highest BCUT2D eigenvalue weighted by Crippen LogP contribution is 2.25. The van der Waals surface area contributed by atoms with E-state index in [1.54, 1.807) is 22.7 Å². The van der Waals surface area contributed by atoms with Crippen molar-refractivity contribution < 1.29 is 9.90 Å². The summed E-state index contributed by atoms with van der Waals surface area (Å²) in [6, 6.07) is 9.29. The van der Waals surface area contributed by atoms with Crippen molar-refractivity contribution in [3.63, 3.8) is 0 Å². The van der Waals surface area contributed by atoms with Crippen molar-refractivity contribution in [1.29, 1.82) is 0 Å². The number of nitrogens with zero attached hydrogens (tertiary/aromatic N) is 3. The zero-order valence-corrected chi connectivity index (χ0v) is 13.4. The third kappa shape index (κ3) is 3.95. The summed E-state index contributed by atoms with van der Waals surface area (Å²) in [6.07, 6.45) is 3.71. The van der Waals surface area contributed by atoms with Gasteiger partial charge in [0.1, 0.15) is 0 Å². The fourth-order valence-electron chi connectivity index (χ4n) is 2.46. The molecule has 1 aromatic heterocycles. The average molecular weight is 301 g/mol. The van der Waals surface area contributed by atoms with Crippen molar-refractivity contribution in [3.05, 3.63) is 53.9 Å². The van der Waals surface area contributed by atoms with E-state index in [2.05, 4.69) is 5.10 Å². The van der Waals surface area contributed by atoms with E-state index in [-0.39, 0.29) is 12.3 Å². The number of carbonyl (C=O) groups is 1. The molecule has 118 valence electrons. The molecule has 5 heteroatoms. The van der Waals surface area contributed by atoms with Crippen LogP contribution in [-0.4, -0.2) is 32.2 Å². The Morgan fingerprint density at radius 3 is 2.59 bits per heavy atom. The summed E-state index contributed by atoms with van der Waals surface area (Å²) in [7, 11) is 1.85. The molecule has 0 aliphatic rings. The Balaban J connectivity index is 2.05. The van der Waals surface area contributed by atoms with E-state index in [1.165, 1.54) is 0 Å². The molecule has 1 amide bonds. The third-order valence-corrected chi connectivity index (χ3v) is 3.76. The maximum Gasteiger partial charge on any atom is 0.226 e. The molecule has 1 atom stereocenters. The van der Waals surface area contributed by atoms with Gasteiger partial charge >= 0.3 is 0 Å². The summed E-state index contributed by atoms with van der Waals surface area (Å²) < 4.78 is 1.72. The standard InChI is InChI=1S/C17H23N3O2/c1-4-20(13-14-11-18-19(3)12-14)16(21)10-17(2,22)15-8-6-5-7-9-15/h5-9,11-12,22H,4,10,13H2,1-3H3. The molecule has 2 aromatic rings. The highest BCUT2D eigenvalue weighted by atomic mass is 16.3. The lowest BCUT2D eigenvalue weighted by Crippen LogP contribution is -2.36. The van der Waals surface area contributed by atoms with Crippen LogP contribution in [0.5, 0.6) is 0 Å². The molecule has 0 aliphatic carbocycles. The van der Waals surface area contributed by atoms with E-state index in [9.17, 15) is 9.90 Å². The van der Waals surface area contributed by atoms with Crippen molar-refractivity contribution in [2.45, 2.75) is 32.4 Å². The van der Waals surface area contributed by atoms with Gasteiger partial charge < -0.3 is 10.0 Å². The van der Waals surface area contributed by atoms with E-state index in [0.29, 0.717) is 13.1 Å². The maximum absolute atomic E-state index is 12.5. The maximum atomic E-state index is 12.5. The van der Waals surface area contributed by atoms with Gasteiger partial charge in [-0.25, -0.2) is 0 Å². The molecule has 1 aromatic carbocycles. The average Bonchev–Trinajstić information content (AvgIpc) is 2.90. The number of hydrogen-bond acceptors (Lipinski definition) is 3. The Morgan fingerprint density at radius 2 is 2.05 bits per heavy atom. The number of aliphatic hydroxyl groups is 1. The molecular weight excluding hydrogens is 278 g/mol. The Morgan fingerprint density at radius 1 is 1.36 bits per heavy atom. The lowest BCUT2D eigenvalue weighted by Gasteiger charge is -2.27. The van der Waals surface area contributed by atoms with Crippen molar-refractivity contribution in [3.8, 4) is 0 Å². The minimum Gasteiger partial charge on any atom is -0.385 e. The molecule has 0 saturated carbocycles. The first-order valence-electron chi connectivity index (χ1n) is 7.45. The van der Waals surface area contributed by atoms with Gasteiger partial charge in [0.25, 0.3) is 0 Å². The van der Waals surface area contributed by atoms with E-state index in [1.807, 2.05) is 50.5 Å². The van der Waals surface area contributed by atoms with E-state index >= 15 is 0 Å². The van der Waals surface area contributed by atoms with Crippen LogP contribution in [0.1, 0.15) is 31.4 Å². The van der Waals surface area contributed by atoms with Crippen LogP contribution in [0.4, 0.5) is 0 Å². The molecule has 0 saturated heterocycles. The van der Waals surface area contributed by atoms with Crippen molar-refractivity contribution >= 4 is 5.91 Å². The fraction of sp³-hybridized carbons (Fsp3) is 0.412. The SMILES string of the molecule is CCN(Cc1cnn(C)c1)C(=O)CC(C)(O)c1ccccc1. The number of benzene rings is 1. The lowest BCUT2D eigenvalue weighted by atomic mass is 9.92. The van der Waals surface area contributed by atoms with Gasteiger partial charge in [-0.2, -0.15) is 5.10 Å². The van der Waals surface area contributed by atoms with Crippen LogP contribution >= 0.6 is 0 Å². The Kier molecular flexibility index (Phi) is 4.98.